The van der Waals surface area contributed by atoms with E-state index in [2.05, 4.69) is 32.7 Å². The van der Waals surface area contributed by atoms with Gasteiger partial charge in [0.2, 0.25) is 0 Å². The van der Waals surface area contributed by atoms with Crippen LogP contribution >= 0.6 is 12.2 Å². The van der Waals surface area contributed by atoms with Gasteiger partial charge in [0.25, 0.3) is 0 Å². The molecule has 0 aromatic rings. The van der Waals surface area contributed by atoms with Gasteiger partial charge in [-0.2, -0.15) is 0 Å². The largest absolute Gasteiger partial charge is 0.393 e. The summed E-state index contributed by atoms with van der Waals surface area (Å²) in [5.74, 6) is 0. The van der Waals surface area contributed by atoms with Gasteiger partial charge in [0.05, 0.1) is 4.99 Å². The molecule has 0 bridgehead atoms. The lowest BCUT2D eigenvalue weighted by atomic mass is 9.88. The van der Waals surface area contributed by atoms with Crippen LogP contribution < -0.4 is 5.73 Å². The Hall–Kier alpha value is -0.150. The Morgan fingerprint density at radius 1 is 1.36 bits per heavy atom. The summed E-state index contributed by atoms with van der Waals surface area (Å²) in [6, 6.07) is 0. The zero-order valence-corrected chi connectivity index (χ0v) is 10.8. The zero-order chi connectivity index (χ0) is 11.2. The second kappa shape index (κ2) is 6.36. The van der Waals surface area contributed by atoms with Crippen LogP contribution in [0, 0.1) is 5.41 Å². The minimum Gasteiger partial charge on any atom is -0.393 e. The van der Waals surface area contributed by atoms with E-state index >= 15 is 0 Å². The first-order valence-electron chi connectivity index (χ1n) is 5.38. The molecule has 0 amide bonds. The molecule has 3 heteroatoms. The summed E-state index contributed by atoms with van der Waals surface area (Å²) in [4.78, 5) is 2.99. The number of thiocarbonyl (C=S) groups is 1. The number of nitrogens with zero attached hydrogens (tertiary/aromatic N) is 1. The van der Waals surface area contributed by atoms with Crippen LogP contribution in [0.2, 0.25) is 0 Å². The van der Waals surface area contributed by atoms with E-state index in [4.69, 9.17) is 18.0 Å². The van der Waals surface area contributed by atoms with Crippen LogP contribution in [0.15, 0.2) is 0 Å². The molecule has 0 saturated heterocycles. The maximum atomic E-state index is 5.66. The van der Waals surface area contributed by atoms with Crippen molar-refractivity contribution in [1.29, 1.82) is 0 Å². The van der Waals surface area contributed by atoms with Crippen molar-refractivity contribution in [2.24, 2.45) is 11.1 Å². The Bertz CT molecular complexity index is 178. The third kappa shape index (κ3) is 5.55. The standard InChI is InChI=1S/C11H24N2S/c1-5-8-13(4)9-6-7-11(2,3)10(12)14/h5-9H2,1-4H3,(H2,12,14). The zero-order valence-electron chi connectivity index (χ0n) is 9.97. The van der Waals surface area contributed by atoms with Gasteiger partial charge in [-0.15, -0.1) is 0 Å². The van der Waals surface area contributed by atoms with Crippen LogP contribution in [0.5, 0.6) is 0 Å². The van der Waals surface area contributed by atoms with E-state index in [0.717, 1.165) is 13.0 Å². The third-order valence-corrected chi connectivity index (χ3v) is 3.17. The van der Waals surface area contributed by atoms with Gasteiger partial charge in [0.15, 0.2) is 0 Å². The summed E-state index contributed by atoms with van der Waals surface area (Å²) in [5, 5.41) is 0. The average Bonchev–Trinajstić information content (AvgIpc) is 2.04. The van der Waals surface area contributed by atoms with Gasteiger partial charge in [0.1, 0.15) is 0 Å². The third-order valence-electron chi connectivity index (χ3n) is 2.61. The first-order valence-corrected chi connectivity index (χ1v) is 5.79. The molecule has 0 atom stereocenters. The summed E-state index contributed by atoms with van der Waals surface area (Å²) < 4.78 is 0. The average molecular weight is 216 g/mol. The molecule has 0 heterocycles. The van der Waals surface area contributed by atoms with Crippen molar-refractivity contribution in [2.45, 2.75) is 40.0 Å². The highest BCUT2D eigenvalue weighted by Crippen LogP contribution is 2.22. The van der Waals surface area contributed by atoms with E-state index in [1.54, 1.807) is 0 Å². The van der Waals surface area contributed by atoms with E-state index in [1.165, 1.54) is 19.4 Å². The van der Waals surface area contributed by atoms with Crippen molar-refractivity contribution in [2.75, 3.05) is 20.1 Å². The summed E-state index contributed by atoms with van der Waals surface area (Å²) >= 11 is 5.03. The Labute approximate surface area is 93.8 Å². The number of nitrogens with two attached hydrogens (primary N) is 1. The van der Waals surface area contributed by atoms with Crippen LogP contribution in [0.25, 0.3) is 0 Å². The monoisotopic (exact) mass is 216 g/mol. The van der Waals surface area contributed by atoms with Gasteiger partial charge >= 0.3 is 0 Å². The topological polar surface area (TPSA) is 29.3 Å². The van der Waals surface area contributed by atoms with Crippen molar-refractivity contribution >= 4 is 17.2 Å². The Morgan fingerprint density at radius 3 is 2.36 bits per heavy atom. The summed E-state index contributed by atoms with van der Waals surface area (Å²) in [7, 11) is 2.16. The minimum absolute atomic E-state index is 0.0163. The Morgan fingerprint density at radius 2 is 1.93 bits per heavy atom. The van der Waals surface area contributed by atoms with Crippen molar-refractivity contribution < 1.29 is 0 Å². The first kappa shape index (κ1) is 13.8. The van der Waals surface area contributed by atoms with Crippen molar-refractivity contribution in [3.8, 4) is 0 Å². The van der Waals surface area contributed by atoms with Gasteiger partial charge < -0.3 is 10.6 Å². The minimum atomic E-state index is 0.0163. The fraction of sp³-hybridized carbons (Fsp3) is 0.909. The lowest BCUT2D eigenvalue weighted by molar-refractivity contribution is 0.308. The van der Waals surface area contributed by atoms with Gasteiger partial charge in [-0.3, -0.25) is 0 Å². The molecule has 0 aromatic carbocycles. The molecule has 0 aliphatic carbocycles. The van der Waals surface area contributed by atoms with Gasteiger partial charge in [0, 0.05) is 5.41 Å². The van der Waals surface area contributed by atoms with E-state index in [-0.39, 0.29) is 5.41 Å². The smallest absolute Gasteiger partial charge is 0.0784 e. The molecule has 0 radical (unpaired) electrons. The molecule has 2 nitrogen and oxygen atoms in total. The van der Waals surface area contributed by atoms with Crippen molar-refractivity contribution in [3.05, 3.63) is 0 Å². The lowest BCUT2D eigenvalue weighted by Crippen LogP contribution is -2.31. The summed E-state index contributed by atoms with van der Waals surface area (Å²) in [6.45, 7) is 8.76. The maximum Gasteiger partial charge on any atom is 0.0784 e. The summed E-state index contributed by atoms with van der Waals surface area (Å²) in [5.41, 5.74) is 5.68. The van der Waals surface area contributed by atoms with Crippen LogP contribution in [-0.2, 0) is 0 Å². The molecule has 14 heavy (non-hydrogen) atoms. The van der Waals surface area contributed by atoms with Crippen LogP contribution in [0.4, 0.5) is 0 Å². The normalized spacial score (nSPS) is 12.1. The van der Waals surface area contributed by atoms with Gasteiger partial charge in [-0.25, -0.2) is 0 Å². The molecule has 0 unspecified atom stereocenters. The molecule has 84 valence electrons. The lowest BCUT2D eigenvalue weighted by Gasteiger charge is -2.24. The molecule has 0 aliphatic heterocycles. The quantitative estimate of drug-likeness (QED) is 0.663. The van der Waals surface area contributed by atoms with E-state index in [1.807, 2.05) is 0 Å². The molecule has 0 rings (SSSR count). The first-order chi connectivity index (χ1) is 6.40. The second-order valence-electron chi connectivity index (χ2n) is 4.65. The fourth-order valence-electron chi connectivity index (χ4n) is 1.41. The highest BCUT2D eigenvalue weighted by molar-refractivity contribution is 7.80. The number of hydrogen-bond acceptors (Lipinski definition) is 2. The molecule has 0 saturated carbocycles. The van der Waals surface area contributed by atoms with Gasteiger partial charge in [-0.1, -0.05) is 33.0 Å². The molecular formula is C11H24N2S. The predicted octanol–water partition coefficient (Wildman–Crippen LogP) is 2.42. The van der Waals surface area contributed by atoms with Gasteiger partial charge in [-0.05, 0) is 39.4 Å². The highest BCUT2D eigenvalue weighted by atomic mass is 32.1. The van der Waals surface area contributed by atoms with E-state index < -0.39 is 0 Å². The molecule has 0 fully saturated rings. The highest BCUT2D eigenvalue weighted by Gasteiger charge is 2.20. The van der Waals surface area contributed by atoms with E-state index in [0.29, 0.717) is 4.99 Å². The van der Waals surface area contributed by atoms with Crippen molar-refractivity contribution in [3.63, 3.8) is 0 Å². The fourth-order valence-corrected chi connectivity index (χ4v) is 1.51. The molecule has 2 N–H and O–H groups in total. The van der Waals surface area contributed by atoms with Crippen molar-refractivity contribution in [1.82, 2.24) is 4.90 Å². The van der Waals surface area contributed by atoms with Crippen LogP contribution in [-0.4, -0.2) is 30.0 Å². The Kier molecular flexibility index (Phi) is 6.29. The molecule has 0 aliphatic rings. The number of hydrogen-bond donors (Lipinski definition) is 1. The predicted molar refractivity (Wildman–Crippen MR) is 67.6 cm³/mol. The maximum absolute atomic E-state index is 5.66. The molecular weight excluding hydrogens is 192 g/mol. The Balaban J connectivity index is 3.68. The van der Waals surface area contributed by atoms with Crippen LogP contribution in [0.3, 0.4) is 0 Å². The van der Waals surface area contributed by atoms with E-state index in [9.17, 15) is 0 Å². The SMILES string of the molecule is CCCN(C)CCCC(C)(C)C(N)=S. The van der Waals surface area contributed by atoms with Crippen LogP contribution in [0.1, 0.15) is 40.0 Å². The molecule has 0 aromatic heterocycles. The number of rotatable bonds is 7. The molecule has 0 spiro atoms. The summed E-state index contributed by atoms with van der Waals surface area (Å²) in [6.07, 6.45) is 3.46. The second-order valence-corrected chi connectivity index (χ2v) is 5.09.